The van der Waals surface area contributed by atoms with Gasteiger partial charge in [-0.1, -0.05) is 6.92 Å². The van der Waals surface area contributed by atoms with Crippen LogP contribution in [0.2, 0.25) is 0 Å². The second kappa shape index (κ2) is 6.54. The maximum atomic E-state index is 6.03. The van der Waals surface area contributed by atoms with Gasteiger partial charge in [-0.2, -0.15) is 4.98 Å². The van der Waals surface area contributed by atoms with Crippen molar-refractivity contribution in [2.75, 3.05) is 6.61 Å². The van der Waals surface area contributed by atoms with Crippen molar-refractivity contribution in [3.8, 4) is 17.4 Å². The molecule has 1 aromatic carbocycles. The largest absolute Gasteiger partial charge is 0.494 e. The Morgan fingerprint density at radius 1 is 1.00 bits per heavy atom. The van der Waals surface area contributed by atoms with Crippen LogP contribution in [0.1, 0.15) is 29.6 Å². The molecular weight excluding hydrogens is 308 g/mol. The van der Waals surface area contributed by atoms with Gasteiger partial charge in [0.05, 0.1) is 12.0 Å². The molecular formula is C18H20N2O2S. The first-order chi connectivity index (χ1) is 11.1. The first kappa shape index (κ1) is 15.7. The molecule has 0 amide bonds. The highest BCUT2D eigenvalue weighted by Crippen LogP contribution is 2.36. The molecule has 2 aromatic heterocycles. The molecule has 0 unspecified atom stereocenters. The maximum absolute atomic E-state index is 6.03. The zero-order chi connectivity index (χ0) is 16.4. The summed E-state index contributed by atoms with van der Waals surface area (Å²) < 4.78 is 11.6. The van der Waals surface area contributed by atoms with Gasteiger partial charge < -0.3 is 9.47 Å². The lowest BCUT2D eigenvalue weighted by molar-refractivity contribution is 0.317. The first-order valence-electron chi connectivity index (χ1n) is 7.73. The Kier molecular flexibility index (Phi) is 4.48. The molecule has 0 N–H and O–H groups in total. The summed E-state index contributed by atoms with van der Waals surface area (Å²) in [7, 11) is 0. The fourth-order valence-corrected chi connectivity index (χ4v) is 3.39. The van der Waals surface area contributed by atoms with Crippen molar-refractivity contribution in [1.82, 2.24) is 9.97 Å². The van der Waals surface area contributed by atoms with E-state index in [2.05, 4.69) is 30.7 Å². The second-order valence-electron chi connectivity index (χ2n) is 5.46. The van der Waals surface area contributed by atoms with E-state index < -0.39 is 0 Å². The summed E-state index contributed by atoms with van der Waals surface area (Å²) in [6, 6.07) is 7.65. The maximum Gasteiger partial charge on any atom is 0.231 e. The number of ether oxygens (including phenoxy) is 2. The van der Waals surface area contributed by atoms with E-state index in [4.69, 9.17) is 9.47 Å². The minimum absolute atomic E-state index is 0.622. The Labute approximate surface area is 140 Å². The lowest BCUT2D eigenvalue weighted by Gasteiger charge is -2.09. The summed E-state index contributed by atoms with van der Waals surface area (Å²) in [6.45, 7) is 8.88. The predicted octanol–water partition coefficient (Wildman–Crippen LogP) is 5.20. The van der Waals surface area contributed by atoms with Crippen molar-refractivity contribution >= 4 is 21.6 Å². The Morgan fingerprint density at radius 3 is 2.39 bits per heavy atom. The summed E-state index contributed by atoms with van der Waals surface area (Å²) >= 11 is 1.68. The molecule has 0 bridgehead atoms. The third-order valence-corrected chi connectivity index (χ3v) is 4.72. The van der Waals surface area contributed by atoms with Gasteiger partial charge in [0.15, 0.2) is 0 Å². The standard InChI is InChI=1S/C18H20N2O2S/c1-5-10-21-14-6-8-15(9-7-14)22-17-16-11(2)12(3)23-18(16)20-13(4)19-17/h6-9H,5,10H2,1-4H3. The Morgan fingerprint density at radius 2 is 1.70 bits per heavy atom. The van der Waals surface area contributed by atoms with Crippen molar-refractivity contribution in [2.24, 2.45) is 0 Å². The van der Waals surface area contributed by atoms with Crippen LogP contribution in [-0.2, 0) is 0 Å². The molecule has 0 radical (unpaired) electrons. The third kappa shape index (κ3) is 3.29. The normalized spacial score (nSPS) is 11.0. The molecule has 23 heavy (non-hydrogen) atoms. The van der Waals surface area contributed by atoms with Crippen LogP contribution in [0.25, 0.3) is 10.2 Å². The lowest BCUT2D eigenvalue weighted by atomic mass is 10.2. The van der Waals surface area contributed by atoms with E-state index in [1.807, 2.05) is 31.2 Å². The van der Waals surface area contributed by atoms with Gasteiger partial charge in [-0.15, -0.1) is 11.3 Å². The molecule has 0 atom stereocenters. The first-order valence-corrected chi connectivity index (χ1v) is 8.55. The van der Waals surface area contributed by atoms with Crippen LogP contribution in [-0.4, -0.2) is 16.6 Å². The summed E-state index contributed by atoms with van der Waals surface area (Å²) in [6.07, 6.45) is 0.993. The van der Waals surface area contributed by atoms with Crippen molar-refractivity contribution in [2.45, 2.75) is 34.1 Å². The molecule has 0 aliphatic heterocycles. The Bertz CT molecular complexity index is 825. The fourth-order valence-electron chi connectivity index (χ4n) is 2.32. The van der Waals surface area contributed by atoms with Crippen LogP contribution >= 0.6 is 11.3 Å². The van der Waals surface area contributed by atoms with Crippen molar-refractivity contribution in [3.63, 3.8) is 0 Å². The highest BCUT2D eigenvalue weighted by molar-refractivity contribution is 7.18. The molecule has 2 heterocycles. The van der Waals surface area contributed by atoms with Crippen LogP contribution in [0.15, 0.2) is 24.3 Å². The predicted molar refractivity (Wildman–Crippen MR) is 93.9 cm³/mol. The van der Waals surface area contributed by atoms with E-state index in [-0.39, 0.29) is 0 Å². The van der Waals surface area contributed by atoms with Crippen LogP contribution in [0.4, 0.5) is 0 Å². The molecule has 0 aliphatic carbocycles. The molecule has 120 valence electrons. The van der Waals surface area contributed by atoms with Crippen LogP contribution < -0.4 is 9.47 Å². The summed E-state index contributed by atoms with van der Waals surface area (Å²) in [5, 5.41) is 1.00. The molecule has 0 fully saturated rings. The molecule has 3 rings (SSSR count). The van der Waals surface area contributed by atoms with E-state index in [1.54, 1.807) is 11.3 Å². The number of rotatable bonds is 5. The number of fused-ring (bicyclic) bond motifs is 1. The van der Waals surface area contributed by atoms with Gasteiger partial charge in [0, 0.05) is 4.88 Å². The average Bonchev–Trinajstić information content (AvgIpc) is 2.81. The molecule has 0 saturated carbocycles. The number of nitrogens with zero attached hydrogens (tertiary/aromatic N) is 2. The number of thiophene rings is 1. The van der Waals surface area contributed by atoms with E-state index >= 15 is 0 Å². The van der Waals surface area contributed by atoms with Gasteiger partial charge in [-0.25, -0.2) is 4.98 Å². The van der Waals surface area contributed by atoms with Crippen LogP contribution in [0.3, 0.4) is 0 Å². The van der Waals surface area contributed by atoms with Gasteiger partial charge in [0.2, 0.25) is 5.88 Å². The Balaban J connectivity index is 1.92. The average molecular weight is 328 g/mol. The minimum Gasteiger partial charge on any atom is -0.494 e. The highest BCUT2D eigenvalue weighted by Gasteiger charge is 2.15. The second-order valence-corrected chi connectivity index (χ2v) is 6.66. The van der Waals surface area contributed by atoms with Gasteiger partial charge >= 0.3 is 0 Å². The lowest BCUT2D eigenvalue weighted by Crippen LogP contribution is -1.96. The fraction of sp³-hybridized carbons (Fsp3) is 0.333. The van der Waals surface area contributed by atoms with Crippen molar-refractivity contribution in [3.05, 3.63) is 40.5 Å². The molecule has 0 spiro atoms. The SMILES string of the molecule is CCCOc1ccc(Oc2nc(C)nc3sc(C)c(C)c23)cc1. The molecule has 0 aliphatic rings. The third-order valence-electron chi connectivity index (χ3n) is 3.62. The minimum atomic E-state index is 0.622. The van der Waals surface area contributed by atoms with Crippen molar-refractivity contribution < 1.29 is 9.47 Å². The van der Waals surface area contributed by atoms with Gasteiger partial charge in [-0.05, 0) is 57.0 Å². The van der Waals surface area contributed by atoms with Crippen LogP contribution in [0.5, 0.6) is 17.4 Å². The van der Waals surface area contributed by atoms with Gasteiger partial charge in [-0.3, -0.25) is 0 Å². The monoisotopic (exact) mass is 328 g/mol. The molecule has 4 nitrogen and oxygen atoms in total. The number of benzene rings is 1. The van der Waals surface area contributed by atoms with Crippen LogP contribution in [0, 0.1) is 20.8 Å². The number of aryl methyl sites for hydroxylation is 3. The molecule has 3 aromatic rings. The van der Waals surface area contributed by atoms with E-state index in [9.17, 15) is 0 Å². The smallest absolute Gasteiger partial charge is 0.231 e. The number of hydrogen-bond donors (Lipinski definition) is 0. The quantitative estimate of drug-likeness (QED) is 0.646. The van der Waals surface area contributed by atoms with E-state index in [0.29, 0.717) is 5.88 Å². The van der Waals surface area contributed by atoms with Gasteiger partial charge in [0.1, 0.15) is 22.2 Å². The topological polar surface area (TPSA) is 44.2 Å². The van der Waals surface area contributed by atoms with Gasteiger partial charge in [0.25, 0.3) is 0 Å². The zero-order valence-electron chi connectivity index (χ0n) is 13.8. The molecule has 0 saturated heterocycles. The highest BCUT2D eigenvalue weighted by atomic mass is 32.1. The molecule has 5 heteroatoms. The number of aromatic nitrogens is 2. The number of hydrogen-bond acceptors (Lipinski definition) is 5. The Hall–Kier alpha value is -2.14. The zero-order valence-corrected chi connectivity index (χ0v) is 14.7. The van der Waals surface area contributed by atoms with E-state index in [0.717, 1.165) is 40.6 Å². The van der Waals surface area contributed by atoms with Crippen molar-refractivity contribution in [1.29, 1.82) is 0 Å². The summed E-state index contributed by atoms with van der Waals surface area (Å²) in [5.41, 5.74) is 1.18. The summed E-state index contributed by atoms with van der Waals surface area (Å²) in [5.74, 6) is 2.94. The summed E-state index contributed by atoms with van der Waals surface area (Å²) in [4.78, 5) is 11.2. The van der Waals surface area contributed by atoms with E-state index in [1.165, 1.54) is 10.4 Å².